The molecule has 0 aliphatic carbocycles. The van der Waals surface area contributed by atoms with Crippen molar-refractivity contribution in [2.45, 2.75) is 187 Å². The number of carbonyl (C=O) groups is 4. The van der Waals surface area contributed by atoms with Crippen molar-refractivity contribution >= 4 is 23.7 Å². The monoisotopic (exact) mass is 1030 g/mol. The van der Waals surface area contributed by atoms with Crippen molar-refractivity contribution in [3.8, 4) is 0 Å². The molecule has 70 heavy (non-hydrogen) atoms. The summed E-state index contributed by atoms with van der Waals surface area (Å²) in [6.07, 6.45) is -43.2. The average molecular weight is 1030 g/mol. The van der Waals surface area contributed by atoms with Crippen LogP contribution in [0, 0.1) is 0 Å². The normalized spacial score (nSPS) is 40.7. The number of carboxylic acid groups (broad SMARTS) is 1. The molecule has 25 atom stereocenters. The lowest BCUT2D eigenvalue weighted by atomic mass is 9.88. The number of hydrogen-bond acceptors (Lipinski definition) is 27. The van der Waals surface area contributed by atoms with Gasteiger partial charge in [-0.2, -0.15) is 0 Å². The number of nitrogens with one attached hydrogen (secondary N) is 3. The predicted octanol–water partition coefficient (Wildman–Crippen LogP) is -11.6. The van der Waals surface area contributed by atoms with Crippen LogP contribution in [0.4, 0.5) is 0 Å². The Labute approximate surface area is 397 Å². The maximum atomic E-state index is 12.8. The van der Waals surface area contributed by atoms with Gasteiger partial charge in [0.05, 0.1) is 57.3 Å². The first-order valence-electron chi connectivity index (χ1n) is 22.0. The third-order valence-electron chi connectivity index (χ3n) is 12.1. The molecule has 4 saturated heterocycles. The third kappa shape index (κ3) is 13.8. The number of carboxylic acids is 1. The smallest absolute Gasteiger partial charge is 0.364 e. The second-order valence-electron chi connectivity index (χ2n) is 17.4. The van der Waals surface area contributed by atoms with E-state index in [2.05, 4.69) is 16.0 Å². The second kappa shape index (κ2) is 25.8. The van der Waals surface area contributed by atoms with Crippen LogP contribution in [0.1, 0.15) is 34.1 Å². The summed E-state index contributed by atoms with van der Waals surface area (Å²) in [5, 5.41) is 178. The van der Waals surface area contributed by atoms with Crippen LogP contribution in [-0.4, -0.2) is 291 Å². The molecule has 0 aromatic rings. The van der Waals surface area contributed by atoms with E-state index in [9.17, 15) is 101 Å². The Hall–Kier alpha value is -3.04. The second-order valence-corrected chi connectivity index (χ2v) is 17.4. The Morgan fingerprint density at radius 2 is 1.23 bits per heavy atom. The number of amides is 3. The maximum Gasteiger partial charge on any atom is 0.364 e. The van der Waals surface area contributed by atoms with Crippen molar-refractivity contribution in [2.75, 3.05) is 33.0 Å². The molecule has 0 aromatic carbocycles. The highest BCUT2D eigenvalue weighted by Crippen LogP contribution is 2.37. The van der Waals surface area contributed by atoms with Gasteiger partial charge in [-0.1, -0.05) is 0 Å². The first-order valence-corrected chi connectivity index (χ1v) is 22.0. The van der Waals surface area contributed by atoms with Gasteiger partial charge in [0.2, 0.25) is 17.7 Å². The molecular formula is C39H67N3O28. The zero-order chi connectivity index (χ0) is 52.7. The topological polar surface area (TPSA) is 502 Å². The van der Waals surface area contributed by atoms with Crippen molar-refractivity contribution in [2.24, 2.45) is 0 Å². The summed E-state index contributed by atoms with van der Waals surface area (Å²) in [6.45, 7) is -1.41. The number of carbonyl (C=O) groups excluding carboxylic acids is 3. The van der Waals surface area contributed by atoms with Gasteiger partial charge < -0.3 is 136 Å². The lowest BCUT2D eigenvalue weighted by Crippen LogP contribution is -2.69. The minimum atomic E-state index is -3.06. The lowest BCUT2D eigenvalue weighted by Gasteiger charge is -2.50. The molecule has 4 aliphatic heterocycles. The summed E-state index contributed by atoms with van der Waals surface area (Å²) in [6, 6.07) is -5.13. The van der Waals surface area contributed by atoms with Gasteiger partial charge in [0.1, 0.15) is 104 Å². The molecule has 0 spiro atoms. The van der Waals surface area contributed by atoms with Crippen LogP contribution >= 0.6 is 0 Å². The number of aliphatic carboxylic acids is 1. The molecule has 3 amide bonds. The number of aliphatic hydroxyl groups excluding tert-OH is 15. The highest BCUT2D eigenvalue weighted by atomic mass is 16.8. The molecule has 0 bridgehead atoms. The molecule has 19 N–H and O–H groups in total. The lowest BCUT2D eigenvalue weighted by molar-refractivity contribution is -0.392. The molecule has 0 radical (unpaired) electrons. The van der Waals surface area contributed by atoms with E-state index in [-0.39, 0.29) is 0 Å². The van der Waals surface area contributed by atoms with Crippen LogP contribution in [-0.2, 0) is 57.1 Å². The van der Waals surface area contributed by atoms with Crippen molar-refractivity contribution in [3.05, 3.63) is 0 Å². The van der Waals surface area contributed by atoms with Crippen molar-refractivity contribution in [1.82, 2.24) is 16.0 Å². The quantitative estimate of drug-likeness (QED) is 0.0479. The third-order valence-corrected chi connectivity index (χ3v) is 12.1. The molecule has 0 unspecified atom stereocenters. The molecule has 4 fully saturated rings. The van der Waals surface area contributed by atoms with E-state index in [0.717, 1.165) is 20.8 Å². The number of aliphatic hydroxyl groups is 15. The van der Waals surface area contributed by atoms with Gasteiger partial charge >= 0.3 is 5.97 Å². The van der Waals surface area contributed by atoms with E-state index < -0.39 is 216 Å². The molecule has 4 heterocycles. The van der Waals surface area contributed by atoms with E-state index >= 15 is 0 Å². The first kappa shape index (κ1) is 59.5. The van der Waals surface area contributed by atoms with E-state index in [1.54, 1.807) is 0 Å². The van der Waals surface area contributed by atoms with E-state index in [1.165, 1.54) is 6.92 Å². The van der Waals surface area contributed by atoms with Crippen LogP contribution in [0.15, 0.2) is 0 Å². The van der Waals surface area contributed by atoms with Gasteiger partial charge in [-0.15, -0.1) is 0 Å². The minimum absolute atomic E-state index is 0.805. The summed E-state index contributed by atoms with van der Waals surface area (Å²) >= 11 is 0. The molecule has 406 valence electrons. The fraction of sp³-hybridized carbons (Fsp3) is 0.897. The van der Waals surface area contributed by atoms with E-state index in [4.69, 9.17) is 37.9 Å². The zero-order valence-electron chi connectivity index (χ0n) is 38.2. The highest BCUT2D eigenvalue weighted by Gasteiger charge is 2.58. The Morgan fingerprint density at radius 3 is 1.77 bits per heavy atom. The molecular weight excluding hydrogens is 958 g/mol. The minimum Gasteiger partial charge on any atom is -0.477 e. The average Bonchev–Trinajstić information content (AvgIpc) is 3.30. The van der Waals surface area contributed by atoms with Gasteiger partial charge in [-0.25, -0.2) is 4.79 Å². The number of ether oxygens (including phenoxy) is 8. The molecule has 4 rings (SSSR count). The van der Waals surface area contributed by atoms with E-state index in [1.807, 2.05) is 0 Å². The van der Waals surface area contributed by atoms with Crippen LogP contribution in [0.3, 0.4) is 0 Å². The van der Waals surface area contributed by atoms with Gasteiger partial charge in [-0.3, -0.25) is 14.4 Å². The number of hydrogen-bond donors (Lipinski definition) is 19. The molecule has 0 saturated carbocycles. The Bertz CT molecular complexity index is 1710. The Morgan fingerprint density at radius 1 is 0.657 bits per heavy atom. The van der Waals surface area contributed by atoms with Gasteiger partial charge in [0.25, 0.3) is 5.79 Å². The first-order chi connectivity index (χ1) is 32.8. The predicted molar refractivity (Wildman–Crippen MR) is 219 cm³/mol. The van der Waals surface area contributed by atoms with E-state index in [0.29, 0.717) is 0 Å². The van der Waals surface area contributed by atoms with Crippen LogP contribution in [0.5, 0.6) is 0 Å². The van der Waals surface area contributed by atoms with Crippen LogP contribution in [0.2, 0.25) is 0 Å². The molecule has 4 aliphatic rings. The summed E-state index contributed by atoms with van der Waals surface area (Å²) in [7, 11) is 0. The van der Waals surface area contributed by atoms with Crippen LogP contribution < -0.4 is 16.0 Å². The summed E-state index contributed by atoms with van der Waals surface area (Å²) in [4.78, 5) is 49.5. The standard InChI is InChI=1S/C39H67N3O28/c1-11-23(53)29(59)30(60)36(64-11)69-34-33(68-35-22(42-14(4)49)28(58)26(56)19(8-45)65-35)27(57)20(9-46)66-37(34)67-31(15(6-43)40-12(2)47)25(55)18(52)10-63-39(38(61)62)5-16(50)21(41-13(3)48)32(70-39)24(54)17(51)7-44/h11,15-37,43-46,50-60H,5-10H2,1-4H3,(H,40,47)(H,41,48)(H,42,49)(H,61,62)/t11-,15-,16-,17+,18+,19+,20+,21+,22+,23+,24+,25-,26-,27-,28+,29+,30-,31+,32+,33-,34+,35+,36-,37-,39+/m0/s1. The van der Waals surface area contributed by atoms with Gasteiger partial charge in [-0.05, 0) is 6.92 Å². The van der Waals surface area contributed by atoms with Gasteiger partial charge in [0, 0.05) is 27.2 Å². The van der Waals surface area contributed by atoms with Gasteiger partial charge in [0.15, 0.2) is 18.9 Å². The fourth-order valence-electron chi connectivity index (χ4n) is 8.35. The van der Waals surface area contributed by atoms with Crippen molar-refractivity contribution in [3.63, 3.8) is 0 Å². The Balaban J connectivity index is 1.78. The zero-order valence-corrected chi connectivity index (χ0v) is 38.2. The highest BCUT2D eigenvalue weighted by molar-refractivity contribution is 5.76. The Kier molecular flexibility index (Phi) is 21.9. The fourth-order valence-corrected chi connectivity index (χ4v) is 8.35. The summed E-state index contributed by atoms with van der Waals surface area (Å²) in [5.41, 5.74) is 0. The number of rotatable bonds is 22. The largest absolute Gasteiger partial charge is 0.477 e. The maximum absolute atomic E-state index is 12.8. The molecule has 31 heteroatoms. The van der Waals surface area contributed by atoms with Crippen molar-refractivity contribution < 1.29 is 139 Å². The SMILES string of the molecule is CC(=O)N[C@H]1[C@@H](O[C@H]2[C@@H](O)[C@@H](CO)O[C@@H](O[C@@H]([C@@H](O)[C@H](O)CO[C@]3(C(=O)O)C[C@H](O)[C@@H](NC(C)=O)[C@H]([C@H](O)[C@H](O)CO)O3)[C@H](CO)NC(C)=O)[C@@H]2O[C@@H]2O[C@@H](C)[C@@H](O)[C@@H](O)[C@@H]2O)O[C@H](CO)[C@H](O)[C@@H]1O. The van der Waals surface area contributed by atoms with Crippen molar-refractivity contribution in [1.29, 1.82) is 0 Å². The van der Waals surface area contributed by atoms with Crippen LogP contribution in [0.25, 0.3) is 0 Å². The summed E-state index contributed by atoms with van der Waals surface area (Å²) in [5.74, 6) is -7.60. The molecule has 31 nitrogen and oxygen atoms in total. The summed E-state index contributed by atoms with van der Waals surface area (Å²) < 4.78 is 46.2. The molecule has 0 aromatic heterocycles.